The summed E-state index contributed by atoms with van der Waals surface area (Å²) in [6.07, 6.45) is -1.02. The maximum atomic E-state index is 12.1. The van der Waals surface area contributed by atoms with Crippen LogP contribution in [0.2, 0.25) is 5.28 Å². The first-order valence-corrected chi connectivity index (χ1v) is 10.5. The molecule has 4 rings (SSSR count). The predicted molar refractivity (Wildman–Crippen MR) is 106 cm³/mol. The van der Waals surface area contributed by atoms with Crippen LogP contribution in [-0.4, -0.2) is 87.2 Å². The molecule has 0 radical (unpaired) electrons. The molecule has 11 nitrogen and oxygen atoms in total. The Kier molecular flexibility index (Phi) is 7.48. The molecule has 0 amide bonds. The molecule has 4 heterocycles. The fraction of sp³-hybridized carbons (Fsp3) is 0.722. The third-order valence-corrected chi connectivity index (χ3v) is 5.41. The van der Waals surface area contributed by atoms with E-state index in [0.717, 1.165) is 12.8 Å². The average Bonchev–Trinajstić information content (AvgIpc) is 3.30. The molecule has 2 aromatic heterocycles. The van der Waals surface area contributed by atoms with Gasteiger partial charge in [0, 0.05) is 25.7 Å². The van der Waals surface area contributed by atoms with Crippen LogP contribution in [0.25, 0.3) is 11.2 Å². The maximum Gasteiger partial charge on any atom is 0.226 e. The molecule has 0 aromatic carbocycles. The van der Waals surface area contributed by atoms with Crippen LogP contribution in [0.3, 0.4) is 0 Å². The van der Waals surface area contributed by atoms with Crippen LogP contribution >= 0.6 is 11.6 Å². The summed E-state index contributed by atoms with van der Waals surface area (Å²) in [6, 6.07) is 0.169. The number of aliphatic hydroxyl groups excluding tert-OH is 2. The smallest absolute Gasteiger partial charge is 0.226 e. The number of alkyl halides is 1. The number of aliphatic hydroxyl groups is 2. The molecule has 0 aliphatic carbocycles. The zero-order valence-corrected chi connectivity index (χ0v) is 17.4. The second-order valence-electron chi connectivity index (χ2n) is 7.39. The van der Waals surface area contributed by atoms with Gasteiger partial charge in [-0.2, -0.15) is 9.97 Å². The fourth-order valence-electron chi connectivity index (χ4n) is 3.60. The van der Waals surface area contributed by atoms with Crippen molar-refractivity contribution in [2.45, 2.75) is 49.8 Å². The summed E-state index contributed by atoms with van der Waals surface area (Å²) >= 11 is 6.14. The van der Waals surface area contributed by atoms with Gasteiger partial charge in [0.1, 0.15) is 24.9 Å². The van der Waals surface area contributed by atoms with E-state index in [1.54, 1.807) is 0 Å². The van der Waals surface area contributed by atoms with Crippen LogP contribution in [-0.2, 0) is 19.2 Å². The molecule has 3 N–H and O–H groups in total. The second-order valence-corrected chi connectivity index (χ2v) is 7.73. The van der Waals surface area contributed by atoms with Crippen LogP contribution in [0.15, 0.2) is 6.33 Å². The zero-order chi connectivity index (χ0) is 21.8. The summed E-state index contributed by atoms with van der Waals surface area (Å²) in [5.41, 5.74) is 0.821. The Morgan fingerprint density at radius 3 is 2.81 bits per heavy atom. The Morgan fingerprint density at radius 2 is 2.03 bits per heavy atom. The number of rotatable bonds is 9. The van der Waals surface area contributed by atoms with Crippen LogP contribution in [0, 0.1) is 0 Å². The average molecular weight is 462 g/mol. The largest absolute Gasteiger partial charge is 0.387 e. The van der Waals surface area contributed by atoms with Gasteiger partial charge in [-0.25, -0.2) is 14.8 Å². The minimum absolute atomic E-state index is 0.0120. The summed E-state index contributed by atoms with van der Waals surface area (Å²) in [6.45, 7) is 0.746. The lowest BCUT2D eigenvalue weighted by atomic mass is 10.1. The highest BCUT2D eigenvalue weighted by atomic mass is 35.5. The van der Waals surface area contributed by atoms with Gasteiger partial charge >= 0.3 is 0 Å². The van der Waals surface area contributed by atoms with E-state index in [1.807, 2.05) is 0 Å². The minimum atomic E-state index is -1.27. The molecule has 0 bridgehead atoms. The topological polar surface area (TPSA) is 133 Å². The molecular weight excluding hydrogens is 437 g/mol. The Hall–Kier alpha value is -1.67. The number of fused-ring (bicyclic) bond motifs is 1. The van der Waals surface area contributed by atoms with Crippen LogP contribution in [0.5, 0.6) is 0 Å². The molecule has 0 unspecified atom stereocenters. The number of hydrogen-bond acceptors (Lipinski definition) is 10. The fourth-order valence-corrected chi connectivity index (χ4v) is 3.76. The SMILES string of the molecule is O[C@@H]1[C@H](O)[C@@H](COOCCCF)O[C@H]1n1cnc2c(NC3CCOCC3)nc(Cl)nc21. The van der Waals surface area contributed by atoms with E-state index in [9.17, 15) is 14.6 Å². The number of aromatic nitrogens is 4. The summed E-state index contributed by atoms with van der Waals surface area (Å²) in [4.78, 5) is 22.7. The lowest BCUT2D eigenvalue weighted by Gasteiger charge is -2.23. The van der Waals surface area contributed by atoms with Crippen LogP contribution < -0.4 is 5.32 Å². The van der Waals surface area contributed by atoms with Crippen molar-refractivity contribution in [2.75, 3.05) is 38.4 Å². The highest BCUT2D eigenvalue weighted by Crippen LogP contribution is 2.33. The van der Waals surface area contributed by atoms with E-state index in [0.29, 0.717) is 30.2 Å². The molecule has 2 saturated heterocycles. The molecule has 0 saturated carbocycles. The number of anilines is 1. The van der Waals surface area contributed by atoms with Crippen molar-refractivity contribution in [2.24, 2.45) is 0 Å². The Balaban J connectivity index is 1.50. The molecule has 0 spiro atoms. The number of hydrogen-bond donors (Lipinski definition) is 3. The number of imidazole rings is 1. The van der Waals surface area contributed by atoms with Crippen LogP contribution in [0.4, 0.5) is 10.2 Å². The first-order chi connectivity index (χ1) is 15.1. The monoisotopic (exact) mass is 461 g/mol. The third-order valence-electron chi connectivity index (χ3n) is 5.24. The molecule has 31 heavy (non-hydrogen) atoms. The molecule has 2 fully saturated rings. The van der Waals surface area contributed by atoms with Crippen molar-refractivity contribution in [3.63, 3.8) is 0 Å². The third kappa shape index (κ3) is 5.06. The number of nitrogens with zero attached hydrogens (tertiary/aromatic N) is 4. The van der Waals surface area contributed by atoms with Crippen molar-refractivity contribution >= 4 is 28.6 Å². The molecule has 2 aliphatic rings. The van der Waals surface area contributed by atoms with Gasteiger partial charge in [0.25, 0.3) is 0 Å². The Morgan fingerprint density at radius 1 is 1.23 bits per heavy atom. The van der Waals surface area contributed by atoms with Crippen molar-refractivity contribution in [3.8, 4) is 0 Å². The molecule has 2 aliphatic heterocycles. The van der Waals surface area contributed by atoms with Crippen molar-refractivity contribution in [3.05, 3.63) is 11.6 Å². The zero-order valence-electron chi connectivity index (χ0n) is 16.7. The van der Waals surface area contributed by atoms with E-state index in [2.05, 4.69) is 20.3 Å². The van der Waals surface area contributed by atoms with Crippen molar-refractivity contribution < 1.29 is 33.9 Å². The Bertz CT molecular complexity index is 869. The standard InChI is InChI=1S/C18H25ClFN5O6/c19-18-23-15(22-10-2-6-28-7-3-10)12-16(24-18)25(9-21-12)17-14(27)13(26)11(31-17)8-30-29-5-1-4-20/h9-11,13-14,17,26-27H,1-8H2,(H,22,23,24)/t11-,13-,14-,17-/m1/s1. The van der Waals surface area contributed by atoms with Gasteiger partial charge in [-0.3, -0.25) is 8.96 Å². The molecule has 4 atom stereocenters. The minimum Gasteiger partial charge on any atom is -0.387 e. The number of halogens is 2. The molecule has 2 aromatic rings. The quantitative estimate of drug-likeness (QED) is 0.215. The van der Waals surface area contributed by atoms with Gasteiger partial charge in [0.05, 0.1) is 19.6 Å². The highest BCUT2D eigenvalue weighted by Gasteiger charge is 2.44. The van der Waals surface area contributed by atoms with Gasteiger partial charge in [-0.05, 0) is 24.4 Å². The molecule has 13 heteroatoms. The summed E-state index contributed by atoms with van der Waals surface area (Å²) in [5, 5.41) is 24.2. The first kappa shape index (κ1) is 22.5. The van der Waals surface area contributed by atoms with E-state index in [-0.39, 0.29) is 31.0 Å². The van der Waals surface area contributed by atoms with Crippen LogP contribution in [0.1, 0.15) is 25.5 Å². The van der Waals surface area contributed by atoms with E-state index < -0.39 is 31.2 Å². The normalized spacial score (nSPS) is 27.2. The van der Waals surface area contributed by atoms with Gasteiger partial charge in [0.2, 0.25) is 5.28 Å². The lowest BCUT2D eigenvalue weighted by Crippen LogP contribution is -2.33. The molecule has 172 valence electrons. The van der Waals surface area contributed by atoms with Crippen molar-refractivity contribution in [1.82, 2.24) is 19.5 Å². The first-order valence-electron chi connectivity index (χ1n) is 10.1. The van der Waals surface area contributed by atoms with Gasteiger partial charge in [-0.15, -0.1) is 0 Å². The Labute approximate surface area is 182 Å². The highest BCUT2D eigenvalue weighted by molar-refractivity contribution is 6.28. The van der Waals surface area contributed by atoms with Crippen molar-refractivity contribution in [1.29, 1.82) is 0 Å². The predicted octanol–water partition coefficient (Wildman–Crippen LogP) is 0.998. The van der Waals surface area contributed by atoms with Gasteiger partial charge in [-0.1, -0.05) is 0 Å². The van der Waals surface area contributed by atoms with Gasteiger partial charge < -0.3 is 25.0 Å². The van der Waals surface area contributed by atoms with E-state index >= 15 is 0 Å². The van der Waals surface area contributed by atoms with E-state index in [1.165, 1.54) is 10.9 Å². The van der Waals surface area contributed by atoms with E-state index in [4.69, 9.17) is 30.8 Å². The summed E-state index contributed by atoms with van der Waals surface area (Å²) in [7, 11) is 0. The second kappa shape index (κ2) is 10.3. The summed E-state index contributed by atoms with van der Waals surface area (Å²) in [5.74, 6) is 0.481. The summed E-state index contributed by atoms with van der Waals surface area (Å²) < 4.78 is 24.7. The lowest BCUT2D eigenvalue weighted by molar-refractivity contribution is -0.310. The van der Waals surface area contributed by atoms with Gasteiger partial charge in [0.15, 0.2) is 23.2 Å². The molecular formula is C18H25ClFN5O6. The number of ether oxygens (including phenoxy) is 2. The number of nitrogens with one attached hydrogen (secondary N) is 1. The maximum absolute atomic E-state index is 12.1.